The van der Waals surface area contributed by atoms with Gasteiger partial charge in [-0.3, -0.25) is 19.5 Å². The zero-order valence-electron chi connectivity index (χ0n) is 15.1. The molecule has 0 aliphatic carbocycles. The van der Waals surface area contributed by atoms with E-state index in [9.17, 15) is 9.59 Å². The van der Waals surface area contributed by atoms with Crippen molar-refractivity contribution in [3.8, 4) is 0 Å². The molecule has 0 radical (unpaired) electrons. The molecule has 2 saturated heterocycles. The molecule has 0 saturated carbocycles. The molecule has 0 unspecified atom stereocenters. The predicted molar refractivity (Wildman–Crippen MR) is 111 cm³/mol. The van der Waals surface area contributed by atoms with Gasteiger partial charge in [-0.05, 0) is 43.0 Å². The molecule has 144 valence electrons. The van der Waals surface area contributed by atoms with E-state index in [-0.39, 0.29) is 24.4 Å². The zero-order valence-corrected chi connectivity index (χ0v) is 16.7. The smallest absolute Gasteiger partial charge is 0.266 e. The monoisotopic (exact) mass is 413 g/mol. The van der Waals surface area contributed by atoms with Crippen molar-refractivity contribution in [3.63, 3.8) is 0 Å². The highest BCUT2D eigenvalue weighted by atomic mass is 32.2. The largest absolute Gasteiger partial charge is 0.465 e. The normalized spacial score (nSPS) is 21.6. The first kappa shape index (κ1) is 18.9. The summed E-state index contributed by atoms with van der Waals surface area (Å²) in [5.41, 5.74) is 1.03. The summed E-state index contributed by atoms with van der Waals surface area (Å²) in [5.74, 6) is 0.235. The molecule has 0 aromatic carbocycles. The number of amides is 2. The van der Waals surface area contributed by atoms with Crippen LogP contribution >= 0.6 is 24.0 Å². The topological polar surface area (TPSA) is 66.7 Å². The van der Waals surface area contributed by atoms with Gasteiger partial charge >= 0.3 is 0 Å². The first-order valence-corrected chi connectivity index (χ1v) is 10.3. The van der Waals surface area contributed by atoms with Crippen LogP contribution < -0.4 is 0 Å². The Bertz CT molecular complexity index is 912. The quantitative estimate of drug-likeness (QED) is 0.563. The summed E-state index contributed by atoms with van der Waals surface area (Å²) >= 11 is 6.54. The lowest BCUT2D eigenvalue weighted by atomic mass is 9.96. The molecule has 6 nitrogen and oxygen atoms in total. The molecule has 1 atom stereocenters. The Morgan fingerprint density at radius 2 is 2.25 bits per heavy atom. The van der Waals surface area contributed by atoms with Crippen molar-refractivity contribution in [2.24, 2.45) is 0 Å². The molecular weight excluding hydrogens is 394 g/mol. The van der Waals surface area contributed by atoms with E-state index in [4.69, 9.17) is 16.6 Å². The summed E-state index contributed by atoms with van der Waals surface area (Å²) < 4.78 is 5.66. The molecule has 8 heteroatoms. The number of pyridine rings is 1. The first-order chi connectivity index (χ1) is 13.6. The molecule has 2 aliphatic rings. The van der Waals surface area contributed by atoms with Crippen molar-refractivity contribution in [1.82, 2.24) is 14.8 Å². The zero-order chi connectivity index (χ0) is 19.5. The van der Waals surface area contributed by atoms with E-state index in [0.717, 1.165) is 24.8 Å². The molecule has 2 amide bonds. The Labute approximate surface area is 172 Å². The van der Waals surface area contributed by atoms with Gasteiger partial charge < -0.3 is 9.32 Å². The summed E-state index contributed by atoms with van der Waals surface area (Å²) in [7, 11) is 0. The fourth-order valence-electron chi connectivity index (χ4n) is 3.51. The number of thioether (sulfide) groups is 1. The van der Waals surface area contributed by atoms with E-state index in [1.165, 1.54) is 16.7 Å². The lowest BCUT2D eigenvalue weighted by molar-refractivity contribution is -0.138. The standard InChI is InChI=1S/C20H19N3O3S2/c24-18(22-9-2-1-7-16(22)14-5-3-8-21-12-14)13-23-19(25)17(28-20(23)27)11-15-6-4-10-26-15/h3-6,8,10-12,16H,1-2,7,9,13H2/b17-11+/t16-/m1/s1. The van der Waals surface area contributed by atoms with E-state index < -0.39 is 0 Å². The number of nitrogens with zero attached hydrogens (tertiary/aromatic N) is 3. The number of thiocarbonyl (C=S) groups is 1. The van der Waals surface area contributed by atoms with Crippen molar-refractivity contribution >= 4 is 46.2 Å². The minimum atomic E-state index is -0.255. The van der Waals surface area contributed by atoms with Crippen molar-refractivity contribution in [2.75, 3.05) is 13.1 Å². The number of aromatic nitrogens is 1. The fraction of sp³-hybridized carbons (Fsp3) is 0.300. The fourth-order valence-corrected chi connectivity index (χ4v) is 4.75. The molecule has 4 rings (SSSR count). The Balaban J connectivity index is 1.49. The predicted octanol–water partition coefficient (Wildman–Crippen LogP) is 3.63. The Morgan fingerprint density at radius 1 is 1.36 bits per heavy atom. The van der Waals surface area contributed by atoms with Gasteiger partial charge in [0.15, 0.2) is 0 Å². The maximum Gasteiger partial charge on any atom is 0.266 e. The number of hydrogen-bond acceptors (Lipinski definition) is 6. The summed E-state index contributed by atoms with van der Waals surface area (Å²) in [6.07, 6.45) is 9.66. The second-order valence-corrected chi connectivity index (χ2v) is 8.34. The molecule has 2 aromatic heterocycles. The Kier molecular flexibility index (Phi) is 5.59. The lowest BCUT2D eigenvalue weighted by Crippen LogP contribution is -2.45. The SMILES string of the molecule is O=C1/C(=C\c2ccco2)SC(=S)N1CC(=O)N1CCCC[C@@H]1c1cccnc1. The number of likely N-dealkylation sites (tertiary alicyclic amines) is 1. The number of hydrogen-bond donors (Lipinski definition) is 0. The van der Waals surface area contributed by atoms with Gasteiger partial charge in [-0.15, -0.1) is 0 Å². The van der Waals surface area contributed by atoms with Crippen molar-refractivity contribution in [3.05, 3.63) is 59.2 Å². The third kappa shape index (κ3) is 3.88. The van der Waals surface area contributed by atoms with Gasteiger partial charge in [-0.1, -0.05) is 30.0 Å². The first-order valence-electron chi connectivity index (χ1n) is 9.12. The third-order valence-corrected chi connectivity index (χ3v) is 6.25. The highest BCUT2D eigenvalue weighted by Gasteiger charge is 2.36. The van der Waals surface area contributed by atoms with E-state index >= 15 is 0 Å². The molecule has 0 spiro atoms. The third-order valence-electron chi connectivity index (χ3n) is 4.88. The van der Waals surface area contributed by atoms with Crippen molar-refractivity contribution in [1.29, 1.82) is 0 Å². The van der Waals surface area contributed by atoms with Crippen LogP contribution in [0.3, 0.4) is 0 Å². The van der Waals surface area contributed by atoms with Gasteiger partial charge in [0.1, 0.15) is 16.6 Å². The lowest BCUT2D eigenvalue weighted by Gasteiger charge is -2.36. The molecule has 2 aliphatic heterocycles. The average Bonchev–Trinajstić information content (AvgIpc) is 3.33. The molecular formula is C20H19N3O3S2. The van der Waals surface area contributed by atoms with Crippen LogP contribution in [0.1, 0.15) is 36.6 Å². The minimum Gasteiger partial charge on any atom is -0.465 e. The van der Waals surface area contributed by atoms with Gasteiger partial charge in [0.25, 0.3) is 5.91 Å². The van der Waals surface area contributed by atoms with Crippen LogP contribution in [0.4, 0.5) is 0 Å². The highest BCUT2D eigenvalue weighted by molar-refractivity contribution is 8.26. The second kappa shape index (κ2) is 8.28. The number of piperidine rings is 1. The summed E-state index contributed by atoms with van der Waals surface area (Å²) in [5, 5.41) is 0. The molecule has 4 heterocycles. The maximum atomic E-state index is 13.1. The summed E-state index contributed by atoms with van der Waals surface area (Å²) in [6.45, 7) is 0.631. The number of carbonyl (C=O) groups is 2. The number of carbonyl (C=O) groups excluding carboxylic acids is 2. The molecule has 2 fully saturated rings. The van der Waals surface area contributed by atoms with E-state index in [1.807, 2.05) is 23.2 Å². The van der Waals surface area contributed by atoms with Crippen LogP contribution in [0.2, 0.25) is 0 Å². The molecule has 28 heavy (non-hydrogen) atoms. The van der Waals surface area contributed by atoms with Gasteiger partial charge in [-0.2, -0.15) is 0 Å². The van der Waals surface area contributed by atoms with Crippen molar-refractivity contribution < 1.29 is 14.0 Å². The van der Waals surface area contributed by atoms with E-state index in [2.05, 4.69) is 4.98 Å². The van der Waals surface area contributed by atoms with E-state index in [0.29, 0.717) is 21.5 Å². The van der Waals surface area contributed by atoms with Gasteiger partial charge in [0, 0.05) is 25.0 Å². The van der Waals surface area contributed by atoms with Gasteiger partial charge in [0.05, 0.1) is 17.2 Å². The summed E-state index contributed by atoms with van der Waals surface area (Å²) in [4.78, 5) is 33.7. The highest BCUT2D eigenvalue weighted by Crippen LogP contribution is 2.34. The van der Waals surface area contributed by atoms with Gasteiger partial charge in [-0.25, -0.2) is 0 Å². The minimum absolute atomic E-state index is 0.00740. The van der Waals surface area contributed by atoms with Crippen LogP contribution in [0.5, 0.6) is 0 Å². The van der Waals surface area contributed by atoms with Crippen LogP contribution in [-0.4, -0.2) is 44.0 Å². The Hall–Kier alpha value is -2.45. The molecule has 0 N–H and O–H groups in total. The molecule has 2 aromatic rings. The number of rotatable bonds is 4. The van der Waals surface area contributed by atoms with Crippen molar-refractivity contribution in [2.45, 2.75) is 25.3 Å². The molecule has 0 bridgehead atoms. The maximum absolute atomic E-state index is 13.1. The van der Waals surface area contributed by atoms with Crippen LogP contribution in [0.25, 0.3) is 6.08 Å². The van der Waals surface area contributed by atoms with E-state index in [1.54, 1.807) is 30.7 Å². The van der Waals surface area contributed by atoms with Crippen LogP contribution in [0, 0.1) is 0 Å². The average molecular weight is 414 g/mol. The Morgan fingerprint density at radius 3 is 3.00 bits per heavy atom. The van der Waals surface area contributed by atoms with Crippen LogP contribution in [0.15, 0.2) is 52.2 Å². The summed E-state index contributed by atoms with van der Waals surface area (Å²) in [6, 6.07) is 7.39. The number of furan rings is 1. The van der Waals surface area contributed by atoms with Gasteiger partial charge in [0.2, 0.25) is 5.91 Å². The van der Waals surface area contributed by atoms with Crippen LogP contribution in [-0.2, 0) is 9.59 Å². The second-order valence-electron chi connectivity index (χ2n) is 6.67.